The average Bonchev–Trinajstić information content (AvgIpc) is 2.97. The third kappa shape index (κ3) is 5.98. The van der Waals surface area contributed by atoms with Crippen LogP contribution in [0.25, 0.3) is 0 Å². The van der Waals surface area contributed by atoms with Gasteiger partial charge < -0.3 is 5.32 Å². The molecule has 1 saturated carbocycles. The van der Waals surface area contributed by atoms with Crippen LogP contribution in [0.15, 0.2) is 24.3 Å². The quantitative estimate of drug-likeness (QED) is 0.460. The van der Waals surface area contributed by atoms with Crippen LogP contribution in [0.1, 0.15) is 45.4 Å². The maximum atomic E-state index is 3.73. The van der Waals surface area contributed by atoms with Gasteiger partial charge in [-0.15, -0.1) is 6.58 Å². The minimum atomic E-state index is 0.851. The van der Waals surface area contributed by atoms with Crippen LogP contribution in [0.3, 0.4) is 0 Å². The summed E-state index contributed by atoms with van der Waals surface area (Å²) in [4.78, 5) is 0. The highest BCUT2D eigenvalue weighted by Crippen LogP contribution is 2.18. The molecule has 0 unspecified atom stereocenters. The number of rotatable bonds is 8. The second kappa shape index (κ2) is 6.83. The summed E-state index contributed by atoms with van der Waals surface area (Å²) in [6.45, 7) is 7.12. The molecule has 0 aromatic rings. The van der Waals surface area contributed by atoms with Crippen molar-refractivity contribution in [2.45, 2.75) is 51.5 Å². The molecule has 0 aromatic carbocycles. The average molecular weight is 193 g/mol. The van der Waals surface area contributed by atoms with Crippen molar-refractivity contribution in [3.05, 3.63) is 24.3 Å². The predicted octanol–water partition coefficient (Wildman–Crippen LogP) is 3.43. The Balaban J connectivity index is 1.94. The minimum absolute atomic E-state index is 0.851. The van der Waals surface area contributed by atoms with E-state index in [4.69, 9.17) is 0 Å². The Kier molecular flexibility index (Phi) is 5.62. The molecule has 0 atom stereocenters. The highest BCUT2D eigenvalue weighted by Gasteiger charge is 2.19. The molecule has 1 aliphatic rings. The lowest BCUT2D eigenvalue weighted by Gasteiger charge is -2.01. The lowest BCUT2D eigenvalue weighted by atomic mass is 10.1. The molecular weight excluding hydrogens is 170 g/mol. The monoisotopic (exact) mass is 193 g/mol. The molecule has 1 heteroatoms. The Morgan fingerprint density at radius 1 is 1.43 bits per heavy atom. The Labute approximate surface area is 88.3 Å². The number of hydrogen-bond acceptors (Lipinski definition) is 1. The molecule has 0 aliphatic heterocycles. The standard InChI is InChI=1S/C13H23N/c1-3-4-5-7-12(2)8-6-11-14-13-9-10-13/h3,8,13-14H,1,4-7,9-11H2,2H3. The van der Waals surface area contributed by atoms with Crippen molar-refractivity contribution >= 4 is 0 Å². The van der Waals surface area contributed by atoms with Gasteiger partial charge >= 0.3 is 0 Å². The molecule has 0 aromatic heterocycles. The fourth-order valence-corrected chi connectivity index (χ4v) is 1.52. The molecule has 0 bridgehead atoms. The molecule has 0 saturated heterocycles. The number of hydrogen-bond donors (Lipinski definition) is 1. The normalized spacial score (nSPS) is 17.1. The van der Waals surface area contributed by atoms with E-state index in [1.165, 1.54) is 37.7 Å². The van der Waals surface area contributed by atoms with Crippen molar-refractivity contribution in [3.63, 3.8) is 0 Å². The summed E-state index contributed by atoms with van der Waals surface area (Å²) in [5.41, 5.74) is 1.53. The summed E-state index contributed by atoms with van der Waals surface area (Å²) < 4.78 is 0. The molecule has 0 radical (unpaired) electrons. The van der Waals surface area contributed by atoms with E-state index < -0.39 is 0 Å². The van der Waals surface area contributed by atoms with Gasteiger partial charge in [0.2, 0.25) is 0 Å². The molecule has 1 rings (SSSR count). The van der Waals surface area contributed by atoms with E-state index in [-0.39, 0.29) is 0 Å². The van der Waals surface area contributed by atoms with E-state index >= 15 is 0 Å². The fraction of sp³-hybridized carbons (Fsp3) is 0.692. The van der Waals surface area contributed by atoms with Gasteiger partial charge in [-0.05, 0) is 52.0 Å². The topological polar surface area (TPSA) is 12.0 Å². The Bertz CT molecular complexity index is 189. The van der Waals surface area contributed by atoms with Crippen LogP contribution >= 0.6 is 0 Å². The van der Waals surface area contributed by atoms with Crippen molar-refractivity contribution < 1.29 is 0 Å². The van der Waals surface area contributed by atoms with Gasteiger partial charge in [-0.1, -0.05) is 17.7 Å². The lowest BCUT2D eigenvalue weighted by molar-refractivity contribution is 0.687. The van der Waals surface area contributed by atoms with Crippen molar-refractivity contribution in [2.24, 2.45) is 0 Å². The van der Waals surface area contributed by atoms with Gasteiger partial charge in [0.15, 0.2) is 0 Å². The van der Waals surface area contributed by atoms with Gasteiger partial charge in [-0.25, -0.2) is 0 Å². The van der Waals surface area contributed by atoms with Crippen molar-refractivity contribution in [3.8, 4) is 0 Å². The van der Waals surface area contributed by atoms with Crippen LogP contribution in [0.4, 0.5) is 0 Å². The van der Waals surface area contributed by atoms with Gasteiger partial charge in [0.25, 0.3) is 0 Å². The lowest BCUT2D eigenvalue weighted by Crippen LogP contribution is -2.16. The van der Waals surface area contributed by atoms with Gasteiger partial charge in [-0.2, -0.15) is 0 Å². The second-order valence-corrected chi connectivity index (χ2v) is 4.25. The van der Waals surface area contributed by atoms with Crippen LogP contribution in [0, 0.1) is 0 Å². The maximum absolute atomic E-state index is 3.73. The van der Waals surface area contributed by atoms with Crippen LogP contribution in [0.5, 0.6) is 0 Å². The number of unbranched alkanes of at least 4 members (excludes halogenated alkanes) is 1. The molecule has 1 aliphatic carbocycles. The second-order valence-electron chi connectivity index (χ2n) is 4.25. The summed E-state index contributed by atoms with van der Waals surface area (Å²) in [5, 5.41) is 3.52. The third-order valence-electron chi connectivity index (χ3n) is 2.63. The molecule has 0 spiro atoms. The zero-order chi connectivity index (χ0) is 10.2. The Hall–Kier alpha value is -0.560. The van der Waals surface area contributed by atoms with Crippen molar-refractivity contribution in [1.82, 2.24) is 5.32 Å². The number of nitrogens with one attached hydrogen (secondary N) is 1. The molecule has 1 fully saturated rings. The maximum Gasteiger partial charge on any atom is 0.00683 e. The summed E-state index contributed by atoms with van der Waals surface area (Å²) in [6.07, 6.45) is 12.0. The minimum Gasteiger partial charge on any atom is -0.314 e. The summed E-state index contributed by atoms with van der Waals surface area (Å²) in [6, 6.07) is 0.851. The number of allylic oxidation sites excluding steroid dienone is 2. The van der Waals surface area contributed by atoms with Gasteiger partial charge in [0.05, 0.1) is 0 Å². The first-order valence-corrected chi connectivity index (χ1v) is 5.83. The van der Waals surface area contributed by atoms with Crippen LogP contribution in [0.2, 0.25) is 0 Å². The van der Waals surface area contributed by atoms with E-state index in [2.05, 4.69) is 24.9 Å². The first-order valence-electron chi connectivity index (χ1n) is 5.83. The van der Waals surface area contributed by atoms with E-state index in [0.29, 0.717) is 0 Å². The molecular formula is C13H23N. The van der Waals surface area contributed by atoms with Crippen LogP contribution in [-0.2, 0) is 0 Å². The van der Waals surface area contributed by atoms with Crippen molar-refractivity contribution in [1.29, 1.82) is 0 Å². The highest BCUT2D eigenvalue weighted by atomic mass is 14.9. The Morgan fingerprint density at radius 3 is 2.86 bits per heavy atom. The molecule has 14 heavy (non-hydrogen) atoms. The molecule has 1 nitrogen and oxygen atoms in total. The van der Waals surface area contributed by atoms with Crippen LogP contribution in [-0.4, -0.2) is 12.6 Å². The molecule has 0 heterocycles. The molecule has 1 N–H and O–H groups in total. The fourth-order valence-electron chi connectivity index (χ4n) is 1.52. The Morgan fingerprint density at radius 2 is 2.21 bits per heavy atom. The highest BCUT2D eigenvalue weighted by molar-refractivity contribution is 4.98. The zero-order valence-electron chi connectivity index (χ0n) is 9.39. The smallest absolute Gasteiger partial charge is 0.00683 e. The third-order valence-corrected chi connectivity index (χ3v) is 2.63. The van der Waals surface area contributed by atoms with E-state index in [0.717, 1.165) is 19.0 Å². The SMILES string of the molecule is C=CCCCC(C)=CCCNC1CC1. The predicted molar refractivity (Wildman–Crippen MR) is 63.4 cm³/mol. The van der Waals surface area contributed by atoms with Gasteiger partial charge in [0.1, 0.15) is 0 Å². The summed E-state index contributed by atoms with van der Waals surface area (Å²) >= 11 is 0. The summed E-state index contributed by atoms with van der Waals surface area (Å²) in [7, 11) is 0. The van der Waals surface area contributed by atoms with E-state index in [1.807, 2.05) is 6.08 Å². The first kappa shape index (κ1) is 11.5. The van der Waals surface area contributed by atoms with E-state index in [1.54, 1.807) is 0 Å². The van der Waals surface area contributed by atoms with E-state index in [9.17, 15) is 0 Å². The first-order chi connectivity index (χ1) is 6.83. The largest absolute Gasteiger partial charge is 0.314 e. The molecule has 80 valence electrons. The zero-order valence-corrected chi connectivity index (χ0v) is 9.39. The van der Waals surface area contributed by atoms with Gasteiger partial charge in [-0.3, -0.25) is 0 Å². The van der Waals surface area contributed by atoms with Crippen molar-refractivity contribution in [2.75, 3.05) is 6.54 Å². The molecule has 0 amide bonds. The van der Waals surface area contributed by atoms with Crippen LogP contribution < -0.4 is 5.32 Å². The summed E-state index contributed by atoms with van der Waals surface area (Å²) in [5.74, 6) is 0. The van der Waals surface area contributed by atoms with Gasteiger partial charge in [0, 0.05) is 6.04 Å².